The van der Waals surface area contributed by atoms with E-state index < -0.39 is 0 Å². The molecule has 4 rings (SSSR count). The third-order valence-corrected chi connectivity index (χ3v) is 4.91. The molecule has 0 spiro atoms. The van der Waals surface area contributed by atoms with Crippen molar-refractivity contribution in [1.29, 1.82) is 0 Å². The summed E-state index contributed by atoms with van der Waals surface area (Å²) in [7, 11) is 2.04. The zero-order valence-electron chi connectivity index (χ0n) is 15.2. The number of pyridine rings is 1. The molecular formula is C21H23N5. The molecule has 1 atom stereocenters. The average Bonchev–Trinajstić information content (AvgIpc) is 3.02. The maximum Gasteiger partial charge on any atom is 0.227 e. The molecule has 132 valence electrons. The third kappa shape index (κ3) is 3.25. The van der Waals surface area contributed by atoms with Crippen molar-refractivity contribution in [2.75, 3.05) is 23.4 Å². The normalized spacial score (nSPS) is 15.8. The van der Waals surface area contributed by atoms with Gasteiger partial charge in [-0.2, -0.15) is 4.98 Å². The lowest BCUT2D eigenvalue weighted by Gasteiger charge is -2.25. The van der Waals surface area contributed by atoms with Crippen LogP contribution in [-0.2, 0) is 12.8 Å². The highest BCUT2D eigenvalue weighted by molar-refractivity contribution is 5.69. The van der Waals surface area contributed by atoms with E-state index in [1.54, 1.807) is 0 Å². The molecule has 0 fully saturated rings. The largest absolute Gasteiger partial charge is 0.343 e. The minimum atomic E-state index is 0.400. The molecule has 1 aromatic carbocycles. The number of rotatable bonds is 5. The summed E-state index contributed by atoms with van der Waals surface area (Å²) in [5, 5.41) is 0. The Labute approximate surface area is 154 Å². The quantitative estimate of drug-likeness (QED) is 0.706. The first-order valence-corrected chi connectivity index (χ1v) is 9.02. The Morgan fingerprint density at radius 3 is 2.73 bits per heavy atom. The third-order valence-electron chi connectivity index (χ3n) is 4.91. The van der Waals surface area contributed by atoms with Crippen LogP contribution in [0.1, 0.15) is 18.1 Å². The van der Waals surface area contributed by atoms with Crippen LogP contribution in [0.25, 0.3) is 0 Å². The molecular weight excluding hydrogens is 322 g/mol. The predicted molar refractivity (Wildman–Crippen MR) is 105 cm³/mol. The number of hydrogen-bond donors (Lipinski definition) is 0. The number of likely N-dealkylation sites (N-methyl/N-ethyl adjacent to an activating group) is 1. The molecule has 1 aliphatic rings. The SMILES string of the molecule is CC1Cc2ccccc2N1c1ccnc(N(C)CCc2ccncc2)n1. The van der Waals surface area contributed by atoms with E-state index in [4.69, 9.17) is 4.98 Å². The predicted octanol–water partition coefficient (Wildman–Crippen LogP) is 3.63. The molecule has 0 aliphatic carbocycles. The molecule has 0 N–H and O–H groups in total. The first kappa shape index (κ1) is 16.5. The van der Waals surface area contributed by atoms with Crippen LogP contribution in [0.4, 0.5) is 17.5 Å². The maximum atomic E-state index is 4.84. The molecule has 5 nitrogen and oxygen atoms in total. The fourth-order valence-corrected chi connectivity index (χ4v) is 3.52. The van der Waals surface area contributed by atoms with Gasteiger partial charge in [-0.1, -0.05) is 18.2 Å². The van der Waals surface area contributed by atoms with Crippen molar-refractivity contribution in [1.82, 2.24) is 15.0 Å². The first-order valence-electron chi connectivity index (χ1n) is 9.02. The number of aromatic nitrogens is 3. The van der Waals surface area contributed by atoms with Crippen LogP contribution in [0, 0.1) is 0 Å². The van der Waals surface area contributed by atoms with E-state index in [0.717, 1.165) is 31.2 Å². The zero-order chi connectivity index (χ0) is 17.9. The average molecular weight is 345 g/mol. The number of para-hydroxylation sites is 1. The van der Waals surface area contributed by atoms with Crippen molar-refractivity contribution in [2.24, 2.45) is 0 Å². The number of anilines is 3. The Morgan fingerprint density at radius 2 is 1.88 bits per heavy atom. The second-order valence-electron chi connectivity index (χ2n) is 6.79. The van der Waals surface area contributed by atoms with E-state index >= 15 is 0 Å². The number of benzene rings is 1. The minimum absolute atomic E-state index is 0.400. The second-order valence-corrected chi connectivity index (χ2v) is 6.79. The van der Waals surface area contributed by atoms with Gasteiger partial charge in [0.1, 0.15) is 5.82 Å². The van der Waals surface area contributed by atoms with Crippen LogP contribution >= 0.6 is 0 Å². The van der Waals surface area contributed by atoms with Crippen molar-refractivity contribution < 1.29 is 0 Å². The zero-order valence-corrected chi connectivity index (χ0v) is 15.2. The molecule has 1 aliphatic heterocycles. The summed E-state index contributed by atoms with van der Waals surface area (Å²) in [6.45, 7) is 3.11. The highest BCUT2D eigenvalue weighted by Crippen LogP contribution is 2.37. The van der Waals surface area contributed by atoms with Crippen LogP contribution in [0.5, 0.6) is 0 Å². The van der Waals surface area contributed by atoms with E-state index in [0.29, 0.717) is 6.04 Å². The molecule has 0 saturated carbocycles. The van der Waals surface area contributed by atoms with Crippen molar-refractivity contribution >= 4 is 17.5 Å². The Balaban J connectivity index is 1.53. The molecule has 3 aromatic rings. The molecule has 2 aromatic heterocycles. The van der Waals surface area contributed by atoms with E-state index in [2.05, 4.69) is 51.0 Å². The van der Waals surface area contributed by atoms with Crippen LogP contribution in [0.2, 0.25) is 0 Å². The summed E-state index contributed by atoms with van der Waals surface area (Å²) in [5.74, 6) is 1.72. The molecule has 0 amide bonds. The summed E-state index contributed by atoms with van der Waals surface area (Å²) < 4.78 is 0. The van der Waals surface area contributed by atoms with E-state index in [-0.39, 0.29) is 0 Å². The summed E-state index contributed by atoms with van der Waals surface area (Å²) in [5.41, 5.74) is 3.90. The number of hydrogen-bond acceptors (Lipinski definition) is 5. The minimum Gasteiger partial charge on any atom is -0.343 e. The molecule has 1 unspecified atom stereocenters. The van der Waals surface area contributed by atoms with Crippen LogP contribution < -0.4 is 9.80 Å². The van der Waals surface area contributed by atoms with E-state index in [9.17, 15) is 0 Å². The summed E-state index contributed by atoms with van der Waals surface area (Å²) in [4.78, 5) is 17.8. The van der Waals surface area contributed by atoms with Gasteiger partial charge in [0.05, 0.1) is 0 Å². The van der Waals surface area contributed by atoms with Crippen molar-refractivity contribution in [3.05, 3.63) is 72.2 Å². The van der Waals surface area contributed by atoms with Crippen molar-refractivity contribution in [3.63, 3.8) is 0 Å². The lowest BCUT2D eigenvalue weighted by atomic mass is 10.1. The number of nitrogens with zero attached hydrogens (tertiary/aromatic N) is 5. The van der Waals surface area contributed by atoms with Gasteiger partial charge in [-0.3, -0.25) is 4.98 Å². The monoisotopic (exact) mass is 345 g/mol. The van der Waals surface area contributed by atoms with Gasteiger partial charge in [-0.25, -0.2) is 4.98 Å². The summed E-state index contributed by atoms with van der Waals surface area (Å²) in [6, 6.07) is 15.1. The molecule has 0 radical (unpaired) electrons. The smallest absolute Gasteiger partial charge is 0.227 e. The second kappa shape index (κ2) is 7.12. The maximum absolute atomic E-state index is 4.84. The lowest BCUT2D eigenvalue weighted by molar-refractivity contribution is 0.745. The van der Waals surface area contributed by atoms with Crippen LogP contribution in [0.3, 0.4) is 0 Å². The van der Waals surface area contributed by atoms with Crippen LogP contribution in [0.15, 0.2) is 61.1 Å². The van der Waals surface area contributed by atoms with Gasteiger partial charge in [0, 0.05) is 43.9 Å². The molecule has 5 heteroatoms. The Hall–Kier alpha value is -2.95. The Kier molecular flexibility index (Phi) is 4.52. The van der Waals surface area contributed by atoms with Gasteiger partial charge in [0.25, 0.3) is 0 Å². The van der Waals surface area contributed by atoms with Gasteiger partial charge in [0.2, 0.25) is 5.95 Å². The number of fused-ring (bicyclic) bond motifs is 1. The highest BCUT2D eigenvalue weighted by Gasteiger charge is 2.28. The topological polar surface area (TPSA) is 45.2 Å². The molecule has 3 heterocycles. The Bertz CT molecular complexity index is 880. The van der Waals surface area contributed by atoms with Gasteiger partial charge in [0.15, 0.2) is 0 Å². The molecule has 0 saturated heterocycles. The summed E-state index contributed by atoms with van der Waals surface area (Å²) in [6.07, 6.45) is 7.51. The van der Waals surface area contributed by atoms with Crippen LogP contribution in [-0.4, -0.2) is 34.6 Å². The molecule has 0 bridgehead atoms. The van der Waals surface area contributed by atoms with Gasteiger partial charge in [-0.05, 0) is 55.2 Å². The van der Waals surface area contributed by atoms with E-state index in [1.807, 2.05) is 43.8 Å². The molecule has 26 heavy (non-hydrogen) atoms. The van der Waals surface area contributed by atoms with Crippen molar-refractivity contribution in [3.8, 4) is 0 Å². The highest BCUT2D eigenvalue weighted by atomic mass is 15.3. The lowest BCUT2D eigenvalue weighted by Crippen LogP contribution is -2.27. The fraction of sp³-hybridized carbons (Fsp3) is 0.286. The Morgan fingerprint density at radius 1 is 1.08 bits per heavy atom. The fourth-order valence-electron chi connectivity index (χ4n) is 3.52. The van der Waals surface area contributed by atoms with Crippen molar-refractivity contribution in [2.45, 2.75) is 25.8 Å². The van der Waals surface area contributed by atoms with E-state index in [1.165, 1.54) is 16.8 Å². The van der Waals surface area contributed by atoms with Gasteiger partial charge >= 0.3 is 0 Å². The first-order chi connectivity index (χ1) is 12.7. The van der Waals surface area contributed by atoms with Gasteiger partial charge in [-0.15, -0.1) is 0 Å². The summed E-state index contributed by atoms with van der Waals surface area (Å²) >= 11 is 0. The van der Waals surface area contributed by atoms with Gasteiger partial charge < -0.3 is 9.80 Å². The standard InChI is InChI=1S/C21H23N5/c1-16-15-18-5-3-4-6-19(18)26(16)20-9-13-23-21(24-20)25(2)14-10-17-7-11-22-12-8-17/h3-9,11-13,16H,10,14-15H2,1-2H3.